The Morgan fingerprint density at radius 2 is 2.17 bits per heavy atom. The standard InChI is InChI=1S/C18H25N3OS/c1-13-7-8-15(12-16(13)22-4)9-10-20-18(19-3)21-14(2)17-6-5-11-23-17/h5-8,11-12,14H,9-10H2,1-4H3,(H2,19,20,21). The lowest BCUT2D eigenvalue weighted by atomic mass is 10.1. The molecule has 23 heavy (non-hydrogen) atoms. The Morgan fingerprint density at radius 1 is 1.35 bits per heavy atom. The predicted octanol–water partition coefficient (Wildman–Crippen LogP) is 3.53. The summed E-state index contributed by atoms with van der Waals surface area (Å²) in [5.41, 5.74) is 2.41. The van der Waals surface area contributed by atoms with Gasteiger partial charge >= 0.3 is 0 Å². The van der Waals surface area contributed by atoms with Crippen molar-refractivity contribution >= 4 is 17.3 Å². The first-order valence-electron chi connectivity index (χ1n) is 7.78. The highest BCUT2D eigenvalue weighted by molar-refractivity contribution is 7.10. The fourth-order valence-corrected chi connectivity index (χ4v) is 3.09. The van der Waals surface area contributed by atoms with Gasteiger partial charge < -0.3 is 15.4 Å². The summed E-state index contributed by atoms with van der Waals surface area (Å²) in [6, 6.07) is 10.8. The minimum atomic E-state index is 0.251. The van der Waals surface area contributed by atoms with Crippen LogP contribution in [0.5, 0.6) is 5.75 Å². The highest BCUT2D eigenvalue weighted by Crippen LogP contribution is 2.19. The molecule has 1 aromatic heterocycles. The van der Waals surface area contributed by atoms with E-state index < -0.39 is 0 Å². The SMILES string of the molecule is CN=C(NCCc1ccc(C)c(OC)c1)NC(C)c1cccs1. The van der Waals surface area contributed by atoms with Crippen LogP contribution in [0.1, 0.15) is 29.0 Å². The van der Waals surface area contributed by atoms with E-state index in [1.54, 1.807) is 25.5 Å². The molecule has 2 N–H and O–H groups in total. The number of aryl methyl sites for hydroxylation is 1. The number of benzene rings is 1. The van der Waals surface area contributed by atoms with Crippen LogP contribution in [-0.4, -0.2) is 26.7 Å². The van der Waals surface area contributed by atoms with Gasteiger partial charge in [0.15, 0.2) is 5.96 Å². The third kappa shape index (κ3) is 4.99. The largest absolute Gasteiger partial charge is 0.496 e. The number of rotatable bonds is 6. The Balaban J connectivity index is 1.84. The molecule has 0 radical (unpaired) electrons. The summed E-state index contributed by atoms with van der Waals surface area (Å²) >= 11 is 1.75. The molecule has 0 aliphatic heterocycles. The van der Waals surface area contributed by atoms with E-state index in [1.165, 1.54) is 10.4 Å². The number of thiophene rings is 1. The summed E-state index contributed by atoms with van der Waals surface area (Å²) < 4.78 is 5.37. The number of guanidine groups is 1. The van der Waals surface area contributed by atoms with E-state index in [0.29, 0.717) is 0 Å². The van der Waals surface area contributed by atoms with Gasteiger partial charge in [0.25, 0.3) is 0 Å². The molecule has 1 aromatic carbocycles. The van der Waals surface area contributed by atoms with Gasteiger partial charge in [-0.05, 0) is 48.9 Å². The second-order valence-electron chi connectivity index (χ2n) is 5.43. The van der Waals surface area contributed by atoms with E-state index in [2.05, 4.69) is 65.2 Å². The topological polar surface area (TPSA) is 45.7 Å². The summed E-state index contributed by atoms with van der Waals surface area (Å²) in [6.45, 7) is 5.02. The molecule has 124 valence electrons. The van der Waals surface area contributed by atoms with E-state index in [0.717, 1.165) is 30.2 Å². The van der Waals surface area contributed by atoms with Crippen molar-refractivity contribution in [2.75, 3.05) is 20.7 Å². The van der Waals surface area contributed by atoms with Gasteiger partial charge in [0.2, 0.25) is 0 Å². The first kappa shape index (κ1) is 17.3. The zero-order valence-electron chi connectivity index (χ0n) is 14.2. The molecule has 0 saturated heterocycles. The highest BCUT2D eigenvalue weighted by atomic mass is 32.1. The lowest BCUT2D eigenvalue weighted by molar-refractivity contribution is 0.411. The molecule has 0 saturated carbocycles. The Morgan fingerprint density at radius 3 is 2.83 bits per heavy atom. The highest BCUT2D eigenvalue weighted by Gasteiger charge is 2.08. The summed E-state index contributed by atoms with van der Waals surface area (Å²) in [4.78, 5) is 5.59. The van der Waals surface area contributed by atoms with Crippen molar-refractivity contribution in [3.8, 4) is 5.75 Å². The minimum Gasteiger partial charge on any atom is -0.496 e. The molecule has 0 amide bonds. The van der Waals surface area contributed by atoms with E-state index in [9.17, 15) is 0 Å². The van der Waals surface area contributed by atoms with Crippen molar-refractivity contribution in [2.24, 2.45) is 4.99 Å². The zero-order valence-corrected chi connectivity index (χ0v) is 15.0. The average molecular weight is 331 g/mol. The molecule has 0 fully saturated rings. The normalized spacial score (nSPS) is 12.8. The van der Waals surface area contributed by atoms with E-state index >= 15 is 0 Å². The Labute approximate surface area is 142 Å². The minimum absolute atomic E-state index is 0.251. The smallest absolute Gasteiger partial charge is 0.191 e. The number of hydrogen-bond donors (Lipinski definition) is 2. The molecule has 1 heterocycles. The maximum Gasteiger partial charge on any atom is 0.191 e. The van der Waals surface area contributed by atoms with Crippen LogP contribution in [0.3, 0.4) is 0 Å². The molecule has 1 atom stereocenters. The number of nitrogens with zero attached hydrogens (tertiary/aromatic N) is 1. The second kappa shape index (κ2) is 8.58. The van der Waals surface area contributed by atoms with Gasteiger partial charge in [-0.1, -0.05) is 18.2 Å². The maximum atomic E-state index is 5.37. The molecule has 1 unspecified atom stereocenters. The number of aliphatic imine (C=N–C) groups is 1. The summed E-state index contributed by atoms with van der Waals surface area (Å²) in [6.07, 6.45) is 0.921. The summed E-state index contributed by atoms with van der Waals surface area (Å²) in [5, 5.41) is 8.87. The molecule has 0 aliphatic rings. The first-order chi connectivity index (χ1) is 11.1. The van der Waals surface area contributed by atoms with Crippen molar-refractivity contribution in [3.63, 3.8) is 0 Å². The van der Waals surface area contributed by atoms with Crippen molar-refractivity contribution in [2.45, 2.75) is 26.3 Å². The van der Waals surface area contributed by atoms with Crippen LogP contribution < -0.4 is 15.4 Å². The fraction of sp³-hybridized carbons (Fsp3) is 0.389. The van der Waals surface area contributed by atoms with E-state index in [4.69, 9.17) is 4.74 Å². The van der Waals surface area contributed by atoms with Crippen LogP contribution in [-0.2, 0) is 6.42 Å². The molecular weight excluding hydrogens is 306 g/mol. The molecule has 2 aromatic rings. The van der Waals surface area contributed by atoms with E-state index in [1.807, 2.05) is 0 Å². The Bertz CT molecular complexity index is 638. The molecule has 2 rings (SSSR count). The molecule has 0 aliphatic carbocycles. The van der Waals surface area contributed by atoms with Gasteiger partial charge in [0.05, 0.1) is 13.2 Å². The molecule has 0 bridgehead atoms. The molecular formula is C18H25N3OS. The first-order valence-corrected chi connectivity index (χ1v) is 8.66. The number of hydrogen-bond acceptors (Lipinski definition) is 3. The number of methoxy groups -OCH3 is 1. The van der Waals surface area contributed by atoms with Crippen LogP contribution in [0.2, 0.25) is 0 Å². The Kier molecular flexibility index (Phi) is 6.47. The number of nitrogens with one attached hydrogen (secondary N) is 2. The van der Waals surface area contributed by atoms with Crippen molar-refractivity contribution in [1.82, 2.24) is 10.6 Å². The maximum absolute atomic E-state index is 5.37. The second-order valence-corrected chi connectivity index (χ2v) is 6.41. The predicted molar refractivity (Wildman–Crippen MR) is 98.7 cm³/mol. The van der Waals surface area contributed by atoms with Crippen LogP contribution in [0.25, 0.3) is 0 Å². The van der Waals surface area contributed by atoms with Crippen LogP contribution in [0.4, 0.5) is 0 Å². The van der Waals surface area contributed by atoms with Gasteiger partial charge in [-0.2, -0.15) is 0 Å². The van der Waals surface area contributed by atoms with Crippen molar-refractivity contribution in [3.05, 3.63) is 51.7 Å². The third-order valence-electron chi connectivity index (χ3n) is 3.73. The molecule has 0 spiro atoms. The fourth-order valence-electron chi connectivity index (χ4n) is 2.35. The van der Waals surface area contributed by atoms with Crippen molar-refractivity contribution in [1.29, 1.82) is 0 Å². The van der Waals surface area contributed by atoms with Gasteiger partial charge in [-0.15, -0.1) is 11.3 Å². The zero-order chi connectivity index (χ0) is 16.7. The van der Waals surface area contributed by atoms with Gasteiger partial charge in [-0.25, -0.2) is 0 Å². The average Bonchev–Trinajstić information content (AvgIpc) is 3.09. The summed E-state index contributed by atoms with van der Waals surface area (Å²) in [7, 11) is 3.51. The lowest BCUT2D eigenvalue weighted by Crippen LogP contribution is -2.39. The van der Waals surface area contributed by atoms with Gasteiger partial charge in [-0.3, -0.25) is 4.99 Å². The lowest BCUT2D eigenvalue weighted by Gasteiger charge is -2.17. The molecule has 4 nitrogen and oxygen atoms in total. The third-order valence-corrected chi connectivity index (χ3v) is 4.78. The Hall–Kier alpha value is -2.01. The van der Waals surface area contributed by atoms with Crippen LogP contribution in [0.15, 0.2) is 40.7 Å². The van der Waals surface area contributed by atoms with Gasteiger partial charge in [0, 0.05) is 18.5 Å². The molecule has 5 heteroatoms. The van der Waals surface area contributed by atoms with Crippen LogP contribution >= 0.6 is 11.3 Å². The number of ether oxygens (including phenoxy) is 1. The van der Waals surface area contributed by atoms with Crippen LogP contribution in [0, 0.1) is 6.92 Å². The van der Waals surface area contributed by atoms with Gasteiger partial charge in [0.1, 0.15) is 5.75 Å². The van der Waals surface area contributed by atoms with Crippen molar-refractivity contribution < 1.29 is 4.74 Å². The summed E-state index contributed by atoms with van der Waals surface area (Å²) in [5.74, 6) is 1.77. The van der Waals surface area contributed by atoms with E-state index in [-0.39, 0.29) is 6.04 Å². The quantitative estimate of drug-likeness (QED) is 0.629. The monoisotopic (exact) mass is 331 g/mol.